The largest absolute Gasteiger partial charge is 0.497 e. The van der Waals surface area contributed by atoms with E-state index in [9.17, 15) is 4.79 Å². The van der Waals surface area contributed by atoms with Crippen molar-refractivity contribution in [2.45, 2.75) is 20.3 Å². The molecule has 3 rings (SSSR count). The molecule has 0 radical (unpaired) electrons. The Morgan fingerprint density at radius 2 is 1.83 bits per heavy atom. The van der Waals surface area contributed by atoms with E-state index in [0.717, 1.165) is 23.4 Å². The maximum Gasteiger partial charge on any atom is 0.251 e. The fourth-order valence-corrected chi connectivity index (χ4v) is 2.71. The smallest absolute Gasteiger partial charge is 0.251 e. The molecule has 0 saturated heterocycles. The molecule has 0 fully saturated rings. The molecule has 1 heterocycles. The van der Waals surface area contributed by atoms with Crippen LogP contribution in [0.5, 0.6) is 17.4 Å². The summed E-state index contributed by atoms with van der Waals surface area (Å²) in [6, 6.07) is 16.4. The molecule has 1 N–H and O–H groups in total. The molecule has 0 bridgehead atoms. The van der Waals surface area contributed by atoms with Crippen LogP contribution in [0.15, 0.2) is 60.9 Å². The van der Waals surface area contributed by atoms with Gasteiger partial charge >= 0.3 is 0 Å². The van der Waals surface area contributed by atoms with Crippen molar-refractivity contribution in [3.05, 3.63) is 66.5 Å². The number of hydrogen-bond donors (Lipinski definition) is 1. The average molecular weight is 391 g/mol. The highest BCUT2D eigenvalue weighted by atomic mass is 16.5. The van der Waals surface area contributed by atoms with Crippen LogP contribution in [0.1, 0.15) is 30.6 Å². The van der Waals surface area contributed by atoms with Gasteiger partial charge in [-0.05, 0) is 54.8 Å². The van der Waals surface area contributed by atoms with Crippen molar-refractivity contribution in [2.75, 3.05) is 13.7 Å². The highest BCUT2D eigenvalue weighted by Gasteiger charge is 2.09. The van der Waals surface area contributed by atoms with Crippen LogP contribution in [-0.2, 0) is 0 Å². The first kappa shape index (κ1) is 20.3. The monoisotopic (exact) mass is 391 g/mol. The molecule has 0 aliphatic carbocycles. The van der Waals surface area contributed by atoms with Crippen molar-refractivity contribution in [1.82, 2.24) is 15.3 Å². The third-order valence-electron chi connectivity index (χ3n) is 4.35. The van der Waals surface area contributed by atoms with Gasteiger partial charge in [-0.2, -0.15) is 0 Å². The number of carbonyl (C=O) groups excluding carboxylic acids is 1. The summed E-state index contributed by atoms with van der Waals surface area (Å²) in [6.07, 6.45) is 2.40. The second-order valence-electron chi connectivity index (χ2n) is 7.04. The predicted molar refractivity (Wildman–Crippen MR) is 112 cm³/mol. The number of rotatable bonds is 8. The molecule has 6 nitrogen and oxygen atoms in total. The summed E-state index contributed by atoms with van der Waals surface area (Å²) < 4.78 is 11.0. The zero-order chi connectivity index (χ0) is 20.6. The summed E-state index contributed by atoms with van der Waals surface area (Å²) in [6.45, 7) is 4.91. The van der Waals surface area contributed by atoms with E-state index in [2.05, 4.69) is 29.1 Å². The summed E-state index contributed by atoms with van der Waals surface area (Å²) >= 11 is 0. The fraction of sp³-hybridized carbons (Fsp3) is 0.261. The summed E-state index contributed by atoms with van der Waals surface area (Å²) in [5.74, 6) is 2.16. The maximum atomic E-state index is 12.3. The number of amides is 1. The average Bonchev–Trinajstić information content (AvgIpc) is 2.74. The molecule has 0 unspecified atom stereocenters. The summed E-state index contributed by atoms with van der Waals surface area (Å²) in [4.78, 5) is 20.8. The molecule has 1 aromatic heterocycles. The Labute approximate surface area is 170 Å². The van der Waals surface area contributed by atoms with E-state index >= 15 is 0 Å². The Kier molecular flexibility index (Phi) is 6.79. The third-order valence-corrected chi connectivity index (χ3v) is 4.35. The first-order valence-corrected chi connectivity index (χ1v) is 9.57. The van der Waals surface area contributed by atoms with Gasteiger partial charge in [0.15, 0.2) is 0 Å². The zero-order valence-electron chi connectivity index (χ0n) is 16.9. The number of ether oxygens (including phenoxy) is 2. The number of nitrogens with zero attached hydrogens (tertiary/aromatic N) is 2. The van der Waals surface area contributed by atoms with Crippen molar-refractivity contribution in [3.63, 3.8) is 0 Å². The van der Waals surface area contributed by atoms with Crippen molar-refractivity contribution < 1.29 is 14.3 Å². The molecule has 0 aliphatic heterocycles. The van der Waals surface area contributed by atoms with Gasteiger partial charge in [-0.25, -0.2) is 9.97 Å². The number of nitrogens with one attached hydrogen (secondary N) is 1. The molecule has 29 heavy (non-hydrogen) atoms. The number of hydrogen-bond acceptors (Lipinski definition) is 5. The van der Waals surface area contributed by atoms with Crippen LogP contribution < -0.4 is 14.8 Å². The van der Waals surface area contributed by atoms with E-state index in [-0.39, 0.29) is 5.91 Å². The van der Waals surface area contributed by atoms with Crippen LogP contribution >= 0.6 is 0 Å². The fourth-order valence-electron chi connectivity index (χ4n) is 2.71. The van der Waals surface area contributed by atoms with E-state index in [1.807, 2.05) is 24.3 Å². The van der Waals surface area contributed by atoms with E-state index in [1.165, 1.54) is 6.33 Å². The minimum atomic E-state index is -0.113. The first-order valence-electron chi connectivity index (χ1n) is 9.57. The summed E-state index contributed by atoms with van der Waals surface area (Å²) in [5.41, 5.74) is 2.22. The van der Waals surface area contributed by atoms with Crippen LogP contribution in [-0.4, -0.2) is 29.5 Å². The van der Waals surface area contributed by atoms with Crippen molar-refractivity contribution in [2.24, 2.45) is 5.92 Å². The topological polar surface area (TPSA) is 73.3 Å². The number of aromatic nitrogens is 2. The van der Waals surface area contributed by atoms with E-state index in [0.29, 0.717) is 29.7 Å². The van der Waals surface area contributed by atoms with Crippen LogP contribution in [0.4, 0.5) is 0 Å². The second kappa shape index (κ2) is 9.68. The zero-order valence-corrected chi connectivity index (χ0v) is 16.9. The molecule has 2 aromatic carbocycles. The van der Waals surface area contributed by atoms with Crippen LogP contribution in [0.25, 0.3) is 11.3 Å². The summed E-state index contributed by atoms with van der Waals surface area (Å²) in [5, 5.41) is 2.93. The molecule has 0 aliphatic rings. The lowest BCUT2D eigenvalue weighted by Crippen LogP contribution is -2.25. The Balaban J connectivity index is 1.70. The number of benzene rings is 2. The van der Waals surface area contributed by atoms with Gasteiger partial charge < -0.3 is 14.8 Å². The van der Waals surface area contributed by atoms with Crippen LogP contribution in [0.2, 0.25) is 0 Å². The van der Waals surface area contributed by atoms with Gasteiger partial charge in [0.05, 0.1) is 12.8 Å². The molecular formula is C23H25N3O3. The molecule has 6 heteroatoms. The van der Waals surface area contributed by atoms with Crippen molar-refractivity contribution in [1.29, 1.82) is 0 Å². The molecule has 3 aromatic rings. The highest BCUT2D eigenvalue weighted by Crippen LogP contribution is 2.25. The van der Waals surface area contributed by atoms with Crippen molar-refractivity contribution >= 4 is 5.91 Å². The van der Waals surface area contributed by atoms with E-state index in [1.54, 1.807) is 37.4 Å². The lowest BCUT2D eigenvalue weighted by atomic mass is 10.1. The first-order chi connectivity index (χ1) is 14.0. The quantitative estimate of drug-likeness (QED) is 0.601. The normalized spacial score (nSPS) is 10.6. The minimum absolute atomic E-state index is 0.113. The Hall–Kier alpha value is -3.41. The van der Waals surface area contributed by atoms with E-state index in [4.69, 9.17) is 9.47 Å². The standard InChI is InChI=1S/C23H25N3O3/c1-16(2)11-12-24-23(27)18-5-4-6-20(13-18)29-22-14-21(25-15-26-22)17-7-9-19(28-3)10-8-17/h4-10,13-16H,11-12H2,1-3H3,(H,24,27). The molecule has 0 atom stereocenters. The van der Waals surface area contributed by atoms with Gasteiger partial charge in [0.25, 0.3) is 5.91 Å². The maximum absolute atomic E-state index is 12.3. The van der Waals surface area contributed by atoms with Crippen LogP contribution in [0.3, 0.4) is 0 Å². The minimum Gasteiger partial charge on any atom is -0.497 e. The Morgan fingerprint density at radius 1 is 1.03 bits per heavy atom. The van der Waals surface area contributed by atoms with E-state index < -0.39 is 0 Å². The molecule has 0 spiro atoms. The van der Waals surface area contributed by atoms with Gasteiger partial charge in [0.2, 0.25) is 5.88 Å². The Morgan fingerprint density at radius 3 is 2.55 bits per heavy atom. The third kappa shape index (κ3) is 5.78. The SMILES string of the molecule is COc1ccc(-c2cc(Oc3cccc(C(=O)NCCC(C)C)c3)ncn2)cc1. The number of methoxy groups -OCH3 is 1. The van der Waals surface area contributed by atoms with Gasteiger partial charge in [-0.1, -0.05) is 19.9 Å². The Bertz CT molecular complexity index is 956. The lowest BCUT2D eigenvalue weighted by molar-refractivity contribution is 0.0951. The molecule has 150 valence electrons. The van der Waals surface area contributed by atoms with Gasteiger partial charge in [0, 0.05) is 23.7 Å². The van der Waals surface area contributed by atoms with Gasteiger partial charge in [-0.15, -0.1) is 0 Å². The molecule has 1 amide bonds. The second-order valence-corrected chi connectivity index (χ2v) is 7.04. The predicted octanol–water partition coefficient (Wildman–Crippen LogP) is 4.72. The van der Waals surface area contributed by atoms with Gasteiger partial charge in [0.1, 0.15) is 17.8 Å². The van der Waals surface area contributed by atoms with Gasteiger partial charge in [-0.3, -0.25) is 4.79 Å². The number of carbonyl (C=O) groups is 1. The van der Waals surface area contributed by atoms with Crippen LogP contribution in [0, 0.1) is 5.92 Å². The lowest BCUT2D eigenvalue weighted by Gasteiger charge is -2.09. The van der Waals surface area contributed by atoms with Crippen molar-refractivity contribution in [3.8, 4) is 28.6 Å². The summed E-state index contributed by atoms with van der Waals surface area (Å²) in [7, 11) is 1.63. The highest BCUT2D eigenvalue weighted by molar-refractivity contribution is 5.94. The molecule has 0 saturated carbocycles. The molecular weight excluding hydrogens is 366 g/mol.